The number of likely N-dealkylation sites (N-methyl/N-ethyl adjacent to an activating group) is 1. The molecule has 1 saturated heterocycles. The first-order valence-electron chi connectivity index (χ1n) is 8.69. The molecule has 26 heavy (non-hydrogen) atoms. The van der Waals surface area contributed by atoms with E-state index in [4.69, 9.17) is 11.6 Å². The topological polar surface area (TPSA) is 95.6 Å². The van der Waals surface area contributed by atoms with Crippen molar-refractivity contribution in [1.29, 1.82) is 0 Å². The molecule has 1 aliphatic rings. The lowest BCUT2D eigenvalue weighted by molar-refractivity contribution is -0.139. The average Bonchev–Trinajstić information content (AvgIpc) is 2.62. The third kappa shape index (κ3) is 5.18. The molecule has 0 aromatic heterocycles. The van der Waals surface area contributed by atoms with Crippen LogP contribution < -0.4 is 10.6 Å². The van der Waals surface area contributed by atoms with Gasteiger partial charge in [0, 0.05) is 30.7 Å². The number of sulfonamides is 1. The second-order valence-corrected chi connectivity index (χ2v) is 8.45. The standard InChI is InChI=1S/C17H24ClN3O4S/c1-2-19-16(22)17(23)20-11-10-14-5-3-4-12-21(14)26(24,25)15-8-6-13(18)7-9-15/h6-9,14H,2-5,10-12H2,1H3,(H,19,22)(H,20,23). The van der Waals surface area contributed by atoms with Crippen LogP contribution in [0.15, 0.2) is 29.2 Å². The maximum Gasteiger partial charge on any atom is 0.309 e. The second kappa shape index (κ2) is 9.34. The Morgan fingerprint density at radius 3 is 2.46 bits per heavy atom. The van der Waals surface area contributed by atoms with E-state index in [1.54, 1.807) is 19.1 Å². The van der Waals surface area contributed by atoms with Gasteiger partial charge in [0.1, 0.15) is 0 Å². The Bertz CT molecular complexity index is 737. The van der Waals surface area contributed by atoms with Crippen LogP contribution in [0.2, 0.25) is 5.02 Å². The Morgan fingerprint density at radius 1 is 1.15 bits per heavy atom. The van der Waals surface area contributed by atoms with Crippen molar-refractivity contribution < 1.29 is 18.0 Å². The normalized spacial score (nSPS) is 18.3. The number of carbonyl (C=O) groups excluding carboxylic acids is 2. The minimum atomic E-state index is -3.62. The summed E-state index contributed by atoms with van der Waals surface area (Å²) in [6.45, 7) is 2.79. The number of halogens is 1. The lowest BCUT2D eigenvalue weighted by Crippen LogP contribution is -2.46. The largest absolute Gasteiger partial charge is 0.348 e. The van der Waals surface area contributed by atoms with Crippen molar-refractivity contribution in [2.75, 3.05) is 19.6 Å². The van der Waals surface area contributed by atoms with Crippen LogP contribution in [0.4, 0.5) is 0 Å². The van der Waals surface area contributed by atoms with Gasteiger partial charge in [0.15, 0.2) is 0 Å². The SMILES string of the molecule is CCNC(=O)C(=O)NCCC1CCCCN1S(=O)(=O)c1ccc(Cl)cc1. The average molecular weight is 402 g/mol. The van der Waals surface area contributed by atoms with E-state index in [-0.39, 0.29) is 17.5 Å². The van der Waals surface area contributed by atoms with E-state index in [0.29, 0.717) is 24.5 Å². The first kappa shape index (κ1) is 20.7. The van der Waals surface area contributed by atoms with E-state index >= 15 is 0 Å². The van der Waals surface area contributed by atoms with Gasteiger partial charge in [-0.1, -0.05) is 18.0 Å². The Morgan fingerprint density at radius 2 is 1.81 bits per heavy atom. The summed E-state index contributed by atoms with van der Waals surface area (Å²) in [6.07, 6.45) is 2.91. The fourth-order valence-corrected chi connectivity index (χ4v) is 4.84. The van der Waals surface area contributed by atoms with E-state index < -0.39 is 21.8 Å². The molecule has 1 unspecified atom stereocenters. The smallest absolute Gasteiger partial charge is 0.309 e. The van der Waals surface area contributed by atoms with Gasteiger partial charge in [-0.2, -0.15) is 4.31 Å². The molecule has 0 spiro atoms. The van der Waals surface area contributed by atoms with E-state index in [9.17, 15) is 18.0 Å². The van der Waals surface area contributed by atoms with E-state index in [2.05, 4.69) is 10.6 Å². The number of hydrogen-bond acceptors (Lipinski definition) is 4. The Labute approximate surface area is 159 Å². The van der Waals surface area contributed by atoms with Crippen LogP contribution >= 0.6 is 11.6 Å². The van der Waals surface area contributed by atoms with Crippen LogP contribution in [-0.2, 0) is 19.6 Å². The van der Waals surface area contributed by atoms with Gasteiger partial charge in [0.2, 0.25) is 10.0 Å². The molecule has 0 aliphatic carbocycles. The third-order valence-corrected chi connectivity index (χ3v) is 6.52. The third-order valence-electron chi connectivity index (χ3n) is 4.30. The molecule has 0 saturated carbocycles. The number of piperidine rings is 1. The monoisotopic (exact) mass is 401 g/mol. The van der Waals surface area contributed by atoms with Gasteiger partial charge in [-0.25, -0.2) is 8.42 Å². The zero-order chi connectivity index (χ0) is 19.2. The van der Waals surface area contributed by atoms with Crippen LogP contribution in [0.3, 0.4) is 0 Å². The lowest BCUT2D eigenvalue weighted by Gasteiger charge is -2.34. The number of nitrogens with zero attached hydrogens (tertiary/aromatic N) is 1. The molecule has 2 rings (SSSR count). The minimum Gasteiger partial charge on any atom is -0.348 e. The highest BCUT2D eigenvalue weighted by Crippen LogP contribution is 2.27. The molecule has 0 bridgehead atoms. The van der Waals surface area contributed by atoms with Crippen LogP contribution in [0.1, 0.15) is 32.6 Å². The highest BCUT2D eigenvalue weighted by atomic mass is 35.5. The maximum atomic E-state index is 12.9. The zero-order valence-corrected chi connectivity index (χ0v) is 16.3. The molecular weight excluding hydrogens is 378 g/mol. The Kier molecular flexibility index (Phi) is 7.43. The number of amides is 2. The van der Waals surface area contributed by atoms with Crippen LogP contribution in [0, 0.1) is 0 Å². The molecule has 1 aromatic rings. The Hall–Kier alpha value is -1.64. The summed E-state index contributed by atoms with van der Waals surface area (Å²) in [5, 5.41) is 5.45. The van der Waals surface area contributed by atoms with Gasteiger partial charge < -0.3 is 10.6 Å². The van der Waals surface area contributed by atoms with Gasteiger partial charge in [-0.15, -0.1) is 0 Å². The van der Waals surface area contributed by atoms with Crippen molar-refractivity contribution >= 4 is 33.4 Å². The van der Waals surface area contributed by atoms with Gasteiger partial charge in [0.05, 0.1) is 4.90 Å². The predicted octanol–water partition coefficient (Wildman–Crippen LogP) is 1.53. The van der Waals surface area contributed by atoms with Gasteiger partial charge in [-0.05, 0) is 50.5 Å². The molecule has 1 aliphatic heterocycles. The molecule has 9 heteroatoms. The molecule has 1 aromatic carbocycles. The quantitative estimate of drug-likeness (QED) is 0.706. The molecule has 2 amide bonds. The number of carbonyl (C=O) groups is 2. The summed E-state index contributed by atoms with van der Waals surface area (Å²) in [4.78, 5) is 23.3. The van der Waals surface area contributed by atoms with Gasteiger partial charge in [-0.3, -0.25) is 9.59 Å². The number of hydrogen-bond donors (Lipinski definition) is 2. The highest BCUT2D eigenvalue weighted by Gasteiger charge is 2.33. The maximum absolute atomic E-state index is 12.9. The van der Waals surface area contributed by atoms with Crippen molar-refractivity contribution in [3.63, 3.8) is 0 Å². The first-order chi connectivity index (χ1) is 12.4. The van der Waals surface area contributed by atoms with Gasteiger partial charge >= 0.3 is 11.8 Å². The fraction of sp³-hybridized carbons (Fsp3) is 0.529. The van der Waals surface area contributed by atoms with Crippen molar-refractivity contribution in [2.24, 2.45) is 0 Å². The predicted molar refractivity (Wildman–Crippen MR) is 99.3 cm³/mol. The Balaban J connectivity index is 2.02. The summed E-state index contributed by atoms with van der Waals surface area (Å²) in [5.41, 5.74) is 0. The molecule has 2 N–H and O–H groups in total. The summed E-state index contributed by atoms with van der Waals surface area (Å²) >= 11 is 5.84. The molecule has 1 atom stereocenters. The molecule has 1 heterocycles. The lowest BCUT2D eigenvalue weighted by atomic mass is 10.0. The van der Waals surface area contributed by atoms with Crippen molar-refractivity contribution in [3.05, 3.63) is 29.3 Å². The van der Waals surface area contributed by atoms with Crippen LogP contribution in [0.25, 0.3) is 0 Å². The minimum absolute atomic E-state index is 0.208. The van der Waals surface area contributed by atoms with E-state index in [0.717, 1.165) is 19.3 Å². The van der Waals surface area contributed by atoms with E-state index in [1.807, 2.05) is 0 Å². The summed E-state index contributed by atoms with van der Waals surface area (Å²) in [6, 6.07) is 5.90. The van der Waals surface area contributed by atoms with Crippen molar-refractivity contribution in [2.45, 2.75) is 43.5 Å². The summed E-state index contributed by atoms with van der Waals surface area (Å²) < 4.78 is 27.4. The molecule has 144 valence electrons. The van der Waals surface area contributed by atoms with Crippen LogP contribution in [-0.4, -0.2) is 50.2 Å². The second-order valence-electron chi connectivity index (χ2n) is 6.12. The van der Waals surface area contributed by atoms with Crippen molar-refractivity contribution in [1.82, 2.24) is 14.9 Å². The number of nitrogens with one attached hydrogen (secondary N) is 2. The van der Waals surface area contributed by atoms with E-state index in [1.165, 1.54) is 16.4 Å². The zero-order valence-electron chi connectivity index (χ0n) is 14.7. The fourth-order valence-electron chi connectivity index (χ4n) is 2.99. The van der Waals surface area contributed by atoms with Crippen LogP contribution in [0.5, 0.6) is 0 Å². The molecular formula is C17H24ClN3O4S. The van der Waals surface area contributed by atoms with Crippen molar-refractivity contribution in [3.8, 4) is 0 Å². The summed E-state index contributed by atoms with van der Waals surface area (Å²) in [5.74, 6) is -1.38. The van der Waals surface area contributed by atoms with Gasteiger partial charge in [0.25, 0.3) is 0 Å². The first-order valence-corrected chi connectivity index (χ1v) is 10.5. The number of rotatable bonds is 6. The highest BCUT2D eigenvalue weighted by molar-refractivity contribution is 7.89. The molecule has 7 nitrogen and oxygen atoms in total. The summed E-state index contributed by atoms with van der Waals surface area (Å²) in [7, 11) is -3.62. The molecule has 1 fully saturated rings. The molecule has 0 radical (unpaired) electrons. The number of benzene rings is 1.